The summed E-state index contributed by atoms with van der Waals surface area (Å²) in [6, 6.07) is 0. The van der Waals surface area contributed by atoms with E-state index in [1.807, 2.05) is 0 Å². The maximum absolute atomic E-state index is 10.9. The third kappa shape index (κ3) is 2.18. The van der Waals surface area contributed by atoms with Crippen LogP contribution in [0.2, 0.25) is 0 Å². The Morgan fingerprint density at radius 3 is 2.33 bits per heavy atom. The SMILES string of the molecule is CC(C)C1CCN(S(N)(=O)=O)C1. The molecule has 2 N–H and O–H groups in total. The van der Waals surface area contributed by atoms with Crippen molar-refractivity contribution in [1.82, 2.24) is 4.31 Å². The molecule has 72 valence electrons. The van der Waals surface area contributed by atoms with Gasteiger partial charge in [0.25, 0.3) is 10.2 Å². The van der Waals surface area contributed by atoms with Crippen molar-refractivity contribution in [2.24, 2.45) is 17.0 Å². The molecule has 1 unspecified atom stereocenters. The summed E-state index contributed by atoms with van der Waals surface area (Å²) in [7, 11) is -3.44. The summed E-state index contributed by atoms with van der Waals surface area (Å²) in [5, 5.41) is 5.00. The van der Waals surface area contributed by atoms with E-state index in [1.165, 1.54) is 4.31 Å². The van der Waals surface area contributed by atoms with Gasteiger partial charge >= 0.3 is 0 Å². The third-order valence-electron chi connectivity index (χ3n) is 2.49. The molecular formula is C7H16N2O2S. The number of nitrogens with zero attached hydrogens (tertiary/aromatic N) is 1. The van der Waals surface area contributed by atoms with Gasteiger partial charge in [0.2, 0.25) is 0 Å². The first-order valence-corrected chi connectivity index (χ1v) is 5.69. The van der Waals surface area contributed by atoms with E-state index in [-0.39, 0.29) is 0 Å². The second-order valence-corrected chi connectivity index (χ2v) is 5.24. The summed E-state index contributed by atoms with van der Waals surface area (Å²) in [4.78, 5) is 0. The Morgan fingerprint density at radius 1 is 1.50 bits per heavy atom. The highest BCUT2D eigenvalue weighted by Crippen LogP contribution is 2.24. The van der Waals surface area contributed by atoms with Gasteiger partial charge in [-0.15, -0.1) is 0 Å². The highest BCUT2D eigenvalue weighted by Gasteiger charge is 2.30. The van der Waals surface area contributed by atoms with Crippen LogP contribution in [0, 0.1) is 11.8 Å². The quantitative estimate of drug-likeness (QED) is 0.677. The predicted molar refractivity (Wildman–Crippen MR) is 47.6 cm³/mol. The summed E-state index contributed by atoms with van der Waals surface area (Å²) in [5.41, 5.74) is 0. The van der Waals surface area contributed by atoms with Crippen LogP contribution < -0.4 is 5.14 Å². The van der Waals surface area contributed by atoms with E-state index in [2.05, 4.69) is 13.8 Å². The summed E-state index contributed by atoms with van der Waals surface area (Å²) in [6.45, 7) is 5.40. The zero-order valence-electron chi connectivity index (χ0n) is 7.53. The van der Waals surface area contributed by atoms with Gasteiger partial charge < -0.3 is 0 Å². The molecule has 0 spiro atoms. The molecule has 5 heteroatoms. The van der Waals surface area contributed by atoms with Crippen molar-refractivity contribution in [3.8, 4) is 0 Å². The predicted octanol–water partition coefficient (Wildman–Crippen LogP) is 0.168. The van der Waals surface area contributed by atoms with E-state index in [9.17, 15) is 8.42 Å². The highest BCUT2D eigenvalue weighted by atomic mass is 32.2. The fourth-order valence-corrected chi connectivity index (χ4v) is 2.29. The van der Waals surface area contributed by atoms with Crippen LogP contribution in [0.25, 0.3) is 0 Å². The van der Waals surface area contributed by atoms with Crippen LogP contribution in [-0.2, 0) is 10.2 Å². The lowest BCUT2D eigenvalue weighted by Gasteiger charge is -2.14. The van der Waals surface area contributed by atoms with Crippen LogP contribution in [0.5, 0.6) is 0 Å². The minimum atomic E-state index is -3.44. The fourth-order valence-electron chi connectivity index (χ4n) is 1.53. The second kappa shape index (κ2) is 3.32. The minimum absolute atomic E-state index is 0.475. The largest absolute Gasteiger partial charge is 0.276 e. The molecule has 1 rings (SSSR count). The Morgan fingerprint density at radius 2 is 2.08 bits per heavy atom. The molecule has 1 aliphatic heterocycles. The maximum Gasteiger partial charge on any atom is 0.276 e. The van der Waals surface area contributed by atoms with Crippen LogP contribution >= 0.6 is 0 Å². The van der Waals surface area contributed by atoms with E-state index < -0.39 is 10.2 Å². The molecular weight excluding hydrogens is 176 g/mol. The molecule has 0 aromatic heterocycles. The lowest BCUT2D eigenvalue weighted by Crippen LogP contribution is -2.35. The molecule has 12 heavy (non-hydrogen) atoms. The van der Waals surface area contributed by atoms with Crippen LogP contribution in [0.15, 0.2) is 0 Å². The first-order valence-electron chi connectivity index (χ1n) is 4.19. The average molecular weight is 192 g/mol. The zero-order chi connectivity index (χ0) is 9.35. The van der Waals surface area contributed by atoms with Crippen LogP contribution in [-0.4, -0.2) is 25.8 Å². The van der Waals surface area contributed by atoms with Crippen molar-refractivity contribution in [3.05, 3.63) is 0 Å². The number of rotatable bonds is 2. The van der Waals surface area contributed by atoms with Crippen molar-refractivity contribution in [1.29, 1.82) is 0 Å². The van der Waals surface area contributed by atoms with Gasteiger partial charge in [0.1, 0.15) is 0 Å². The van der Waals surface area contributed by atoms with Crippen molar-refractivity contribution >= 4 is 10.2 Å². The Kier molecular flexibility index (Phi) is 2.75. The minimum Gasteiger partial charge on any atom is -0.216 e. The molecule has 1 saturated heterocycles. The Labute approximate surface area is 73.9 Å². The molecule has 0 saturated carbocycles. The zero-order valence-corrected chi connectivity index (χ0v) is 8.34. The molecule has 1 atom stereocenters. The van der Waals surface area contributed by atoms with Crippen molar-refractivity contribution in [3.63, 3.8) is 0 Å². The Balaban J connectivity index is 2.58. The summed E-state index contributed by atoms with van der Waals surface area (Å²) >= 11 is 0. The van der Waals surface area contributed by atoms with Gasteiger partial charge in [-0.1, -0.05) is 13.8 Å². The van der Waals surface area contributed by atoms with Gasteiger partial charge in [-0.25, -0.2) is 5.14 Å². The molecule has 0 aromatic rings. The van der Waals surface area contributed by atoms with Gasteiger partial charge in [0.15, 0.2) is 0 Å². The molecule has 1 heterocycles. The molecule has 0 radical (unpaired) electrons. The smallest absolute Gasteiger partial charge is 0.216 e. The average Bonchev–Trinajstić information content (AvgIpc) is 2.30. The van der Waals surface area contributed by atoms with Gasteiger partial charge in [-0.2, -0.15) is 12.7 Å². The standard InChI is InChI=1S/C7H16N2O2S/c1-6(2)7-3-4-9(5-7)12(8,10)11/h6-7H,3-5H2,1-2H3,(H2,8,10,11). The monoisotopic (exact) mass is 192 g/mol. The summed E-state index contributed by atoms with van der Waals surface area (Å²) in [5.74, 6) is 1.01. The molecule has 0 aromatic carbocycles. The lowest BCUT2D eigenvalue weighted by molar-refractivity contribution is 0.389. The first kappa shape index (κ1) is 9.95. The summed E-state index contributed by atoms with van der Waals surface area (Å²) in [6.07, 6.45) is 0.939. The molecule has 0 aliphatic carbocycles. The van der Waals surface area contributed by atoms with Gasteiger partial charge in [-0.05, 0) is 18.3 Å². The maximum atomic E-state index is 10.9. The van der Waals surface area contributed by atoms with E-state index >= 15 is 0 Å². The Hall–Kier alpha value is -0.130. The van der Waals surface area contributed by atoms with Crippen LogP contribution in [0.1, 0.15) is 20.3 Å². The van der Waals surface area contributed by atoms with Gasteiger partial charge in [-0.3, -0.25) is 0 Å². The van der Waals surface area contributed by atoms with E-state index in [4.69, 9.17) is 5.14 Å². The van der Waals surface area contributed by atoms with Crippen molar-refractivity contribution < 1.29 is 8.42 Å². The Bertz CT molecular complexity index is 248. The molecule has 0 bridgehead atoms. The topological polar surface area (TPSA) is 63.4 Å². The number of hydrogen-bond donors (Lipinski definition) is 1. The first-order chi connectivity index (χ1) is 5.41. The number of nitrogens with two attached hydrogens (primary N) is 1. The summed E-state index contributed by atoms with van der Waals surface area (Å²) < 4.78 is 23.2. The van der Waals surface area contributed by atoms with E-state index in [0.717, 1.165) is 6.42 Å². The van der Waals surface area contributed by atoms with Crippen molar-refractivity contribution in [2.45, 2.75) is 20.3 Å². The van der Waals surface area contributed by atoms with E-state index in [0.29, 0.717) is 24.9 Å². The van der Waals surface area contributed by atoms with Crippen LogP contribution in [0.3, 0.4) is 0 Å². The molecule has 1 fully saturated rings. The normalized spacial score (nSPS) is 26.8. The van der Waals surface area contributed by atoms with Gasteiger partial charge in [0.05, 0.1) is 0 Å². The number of hydrogen-bond acceptors (Lipinski definition) is 2. The molecule has 0 amide bonds. The molecule has 4 nitrogen and oxygen atoms in total. The fraction of sp³-hybridized carbons (Fsp3) is 1.00. The van der Waals surface area contributed by atoms with Crippen molar-refractivity contribution in [2.75, 3.05) is 13.1 Å². The van der Waals surface area contributed by atoms with Crippen LogP contribution in [0.4, 0.5) is 0 Å². The molecule has 1 aliphatic rings. The second-order valence-electron chi connectivity index (χ2n) is 3.70. The third-order valence-corrected chi connectivity index (χ3v) is 3.54. The van der Waals surface area contributed by atoms with Gasteiger partial charge in [0, 0.05) is 13.1 Å². The lowest BCUT2D eigenvalue weighted by atomic mass is 9.96. The van der Waals surface area contributed by atoms with E-state index in [1.54, 1.807) is 0 Å². The highest BCUT2D eigenvalue weighted by molar-refractivity contribution is 7.86.